The van der Waals surface area contributed by atoms with Crippen LogP contribution in [0.25, 0.3) is 10.9 Å². The maximum atomic E-state index is 11.0. The molecule has 1 aromatic heterocycles. The van der Waals surface area contributed by atoms with Crippen molar-refractivity contribution in [1.82, 2.24) is 4.98 Å². The fourth-order valence-corrected chi connectivity index (χ4v) is 2.12. The zero-order valence-corrected chi connectivity index (χ0v) is 10.3. The number of carboxylic acids is 1. The predicted octanol–water partition coefficient (Wildman–Crippen LogP) is 1.68. The van der Waals surface area contributed by atoms with Crippen LogP contribution >= 0.6 is 11.6 Å². The predicted molar refractivity (Wildman–Crippen MR) is 69.3 cm³/mol. The van der Waals surface area contributed by atoms with Crippen LogP contribution in [-0.4, -0.2) is 27.0 Å². The summed E-state index contributed by atoms with van der Waals surface area (Å²) in [5.41, 5.74) is 6.23. The van der Waals surface area contributed by atoms with Crippen LogP contribution in [0.3, 0.4) is 0 Å². The lowest BCUT2D eigenvalue weighted by Crippen LogP contribution is -2.32. The lowest BCUT2D eigenvalue weighted by atomic mass is 10.0. The number of non-ortho nitro benzene ring substituents is 1. The Bertz CT molecular complexity index is 667. The molecule has 0 bridgehead atoms. The Labute approximate surface area is 112 Å². The molecule has 0 amide bonds. The molecule has 8 heteroatoms. The Kier molecular flexibility index (Phi) is 3.41. The Hall–Kier alpha value is -2.12. The van der Waals surface area contributed by atoms with Crippen LogP contribution in [-0.2, 0) is 11.2 Å². The van der Waals surface area contributed by atoms with Gasteiger partial charge in [-0.05, 0) is 11.6 Å². The van der Waals surface area contributed by atoms with Gasteiger partial charge < -0.3 is 15.8 Å². The number of benzene rings is 1. The summed E-state index contributed by atoms with van der Waals surface area (Å²) in [5.74, 6) is -1.16. The number of aromatic amines is 1. The van der Waals surface area contributed by atoms with E-state index in [1.54, 1.807) is 6.07 Å². The Morgan fingerprint density at radius 2 is 2.26 bits per heavy atom. The first-order chi connectivity index (χ1) is 8.90. The zero-order chi connectivity index (χ0) is 14.2. The van der Waals surface area contributed by atoms with Crippen LogP contribution in [0, 0.1) is 10.1 Å². The Morgan fingerprint density at radius 1 is 1.58 bits per heavy atom. The molecule has 0 saturated carbocycles. The van der Waals surface area contributed by atoms with Crippen molar-refractivity contribution in [2.75, 3.05) is 0 Å². The van der Waals surface area contributed by atoms with Gasteiger partial charge in [-0.15, -0.1) is 0 Å². The molecular formula is C11H10ClN3O4. The number of aromatic nitrogens is 1. The maximum absolute atomic E-state index is 11.0. The van der Waals surface area contributed by atoms with Crippen molar-refractivity contribution in [3.8, 4) is 0 Å². The fraction of sp³-hybridized carbons (Fsp3) is 0.182. The standard InChI is InChI=1S/C11H10ClN3O4/c12-6-2-8-10(9(3-6)15(18)19)5(4-14-8)1-7(13)11(16)17/h2-4,7,14H,1,13H2,(H,16,17). The molecule has 1 unspecified atom stereocenters. The summed E-state index contributed by atoms with van der Waals surface area (Å²) in [6, 6.07) is 1.65. The van der Waals surface area contributed by atoms with Gasteiger partial charge in [0.1, 0.15) is 6.04 Å². The quantitative estimate of drug-likeness (QED) is 0.582. The maximum Gasteiger partial charge on any atom is 0.320 e. The van der Waals surface area contributed by atoms with E-state index in [4.69, 9.17) is 22.4 Å². The molecule has 2 aromatic rings. The third-order valence-electron chi connectivity index (χ3n) is 2.76. The molecule has 1 aromatic carbocycles. The molecule has 2 rings (SSSR count). The first kappa shape index (κ1) is 13.3. The van der Waals surface area contributed by atoms with E-state index in [0.29, 0.717) is 16.5 Å². The van der Waals surface area contributed by atoms with E-state index in [-0.39, 0.29) is 17.1 Å². The number of aliphatic carboxylic acids is 1. The monoisotopic (exact) mass is 283 g/mol. The molecule has 1 heterocycles. The van der Waals surface area contributed by atoms with Gasteiger partial charge in [-0.1, -0.05) is 11.6 Å². The molecule has 0 fully saturated rings. The topological polar surface area (TPSA) is 122 Å². The van der Waals surface area contributed by atoms with Crippen LogP contribution in [0.2, 0.25) is 5.02 Å². The van der Waals surface area contributed by atoms with Gasteiger partial charge in [-0.2, -0.15) is 0 Å². The van der Waals surface area contributed by atoms with Gasteiger partial charge >= 0.3 is 5.97 Å². The number of nitro benzene ring substituents is 1. The largest absolute Gasteiger partial charge is 0.480 e. The molecule has 19 heavy (non-hydrogen) atoms. The molecule has 0 saturated heterocycles. The number of hydrogen-bond donors (Lipinski definition) is 3. The number of hydrogen-bond acceptors (Lipinski definition) is 4. The molecule has 0 spiro atoms. The van der Waals surface area contributed by atoms with Gasteiger partial charge in [0.05, 0.1) is 15.8 Å². The number of H-pyrrole nitrogens is 1. The summed E-state index contributed by atoms with van der Waals surface area (Å²) in [7, 11) is 0. The molecule has 0 radical (unpaired) electrons. The minimum absolute atomic E-state index is 0.00218. The van der Waals surface area contributed by atoms with Crippen LogP contribution < -0.4 is 5.73 Å². The van der Waals surface area contributed by atoms with Crippen molar-refractivity contribution >= 4 is 34.2 Å². The highest BCUT2D eigenvalue weighted by molar-refractivity contribution is 6.31. The lowest BCUT2D eigenvalue weighted by Gasteiger charge is -2.05. The smallest absolute Gasteiger partial charge is 0.320 e. The van der Waals surface area contributed by atoms with E-state index < -0.39 is 16.9 Å². The highest BCUT2D eigenvalue weighted by Crippen LogP contribution is 2.32. The van der Waals surface area contributed by atoms with Gasteiger partial charge in [0.15, 0.2) is 0 Å². The highest BCUT2D eigenvalue weighted by atomic mass is 35.5. The molecule has 0 aliphatic rings. The van der Waals surface area contributed by atoms with Crippen molar-refractivity contribution in [3.63, 3.8) is 0 Å². The van der Waals surface area contributed by atoms with E-state index in [9.17, 15) is 14.9 Å². The van der Waals surface area contributed by atoms with Gasteiger partial charge in [-0.25, -0.2) is 0 Å². The summed E-state index contributed by atoms with van der Waals surface area (Å²) >= 11 is 5.79. The summed E-state index contributed by atoms with van der Waals surface area (Å²) < 4.78 is 0. The summed E-state index contributed by atoms with van der Waals surface area (Å²) in [4.78, 5) is 24.0. The average Bonchev–Trinajstić information content (AvgIpc) is 2.70. The number of nitrogens with one attached hydrogen (secondary N) is 1. The number of nitrogens with zero attached hydrogens (tertiary/aromatic N) is 1. The van der Waals surface area contributed by atoms with Crippen molar-refractivity contribution in [1.29, 1.82) is 0 Å². The minimum Gasteiger partial charge on any atom is -0.480 e. The summed E-state index contributed by atoms with van der Waals surface area (Å²) in [6.45, 7) is 0. The number of carbonyl (C=O) groups is 1. The zero-order valence-electron chi connectivity index (χ0n) is 9.59. The minimum atomic E-state index is -1.16. The van der Waals surface area contributed by atoms with Crippen molar-refractivity contribution in [2.45, 2.75) is 12.5 Å². The van der Waals surface area contributed by atoms with Crippen LogP contribution in [0.1, 0.15) is 5.56 Å². The van der Waals surface area contributed by atoms with E-state index >= 15 is 0 Å². The number of halogens is 1. The number of rotatable bonds is 4. The second-order valence-corrected chi connectivity index (χ2v) is 4.50. The first-order valence-electron chi connectivity index (χ1n) is 5.32. The SMILES string of the molecule is NC(Cc1c[nH]c2cc(Cl)cc([N+](=O)[O-])c12)C(=O)O. The van der Waals surface area contributed by atoms with Gasteiger partial charge in [0, 0.05) is 23.7 Å². The van der Waals surface area contributed by atoms with Gasteiger partial charge in [0.25, 0.3) is 5.69 Å². The average molecular weight is 284 g/mol. The number of carboxylic acid groups (broad SMARTS) is 1. The fourth-order valence-electron chi connectivity index (χ4n) is 1.91. The Morgan fingerprint density at radius 3 is 2.84 bits per heavy atom. The van der Waals surface area contributed by atoms with Gasteiger partial charge in [0.2, 0.25) is 0 Å². The molecule has 0 aliphatic heterocycles. The lowest BCUT2D eigenvalue weighted by molar-refractivity contribution is -0.383. The third kappa shape index (κ3) is 2.51. The van der Waals surface area contributed by atoms with Gasteiger partial charge in [-0.3, -0.25) is 14.9 Å². The van der Waals surface area contributed by atoms with Crippen LogP contribution in [0.5, 0.6) is 0 Å². The Balaban J connectivity index is 2.57. The van der Waals surface area contributed by atoms with E-state index in [2.05, 4.69) is 4.98 Å². The normalized spacial score (nSPS) is 12.5. The van der Waals surface area contributed by atoms with Crippen LogP contribution in [0.4, 0.5) is 5.69 Å². The highest BCUT2D eigenvalue weighted by Gasteiger charge is 2.21. The van der Waals surface area contributed by atoms with E-state index in [1.165, 1.54) is 12.3 Å². The summed E-state index contributed by atoms with van der Waals surface area (Å²) in [5, 5.41) is 20.4. The second-order valence-electron chi connectivity index (χ2n) is 4.07. The molecule has 1 atom stereocenters. The third-order valence-corrected chi connectivity index (χ3v) is 2.98. The molecule has 7 nitrogen and oxygen atoms in total. The van der Waals surface area contributed by atoms with E-state index in [0.717, 1.165) is 0 Å². The second kappa shape index (κ2) is 4.87. The number of nitro groups is 1. The molecule has 0 aliphatic carbocycles. The van der Waals surface area contributed by atoms with Crippen molar-refractivity contribution < 1.29 is 14.8 Å². The molecular weight excluding hydrogens is 274 g/mol. The van der Waals surface area contributed by atoms with Crippen LogP contribution in [0.15, 0.2) is 18.3 Å². The van der Waals surface area contributed by atoms with E-state index in [1.807, 2.05) is 0 Å². The molecule has 4 N–H and O–H groups in total. The molecule has 100 valence electrons. The van der Waals surface area contributed by atoms with Crippen molar-refractivity contribution in [2.24, 2.45) is 5.73 Å². The number of nitrogens with two attached hydrogens (primary N) is 1. The summed E-state index contributed by atoms with van der Waals surface area (Å²) in [6.07, 6.45) is 1.51. The first-order valence-corrected chi connectivity index (χ1v) is 5.70. The number of fused-ring (bicyclic) bond motifs is 1. The van der Waals surface area contributed by atoms with Crippen molar-refractivity contribution in [3.05, 3.63) is 39.0 Å².